The number of rotatable bonds is 7. The van der Waals surface area contributed by atoms with E-state index in [4.69, 9.17) is 21.1 Å². The molecule has 2 aromatic heterocycles. The second kappa shape index (κ2) is 8.77. The lowest BCUT2D eigenvalue weighted by Crippen LogP contribution is -2.31. The van der Waals surface area contributed by atoms with Gasteiger partial charge in [-0.25, -0.2) is 0 Å². The van der Waals surface area contributed by atoms with Crippen molar-refractivity contribution in [2.45, 2.75) is 37.3 Å². The normalized spacial score (nSPS) is 22.8. The number of H-pyrrole nitrogens is 1. The number of aromatic amines is 1. The van der Waals surface area contributed by atoms with Crippen molar-refractivity contribution < 1.29 is 14.3 Å². The molecule has 1 aromatic carbocycles. The molecule has 1 amide bonds. The highest BCUT2D eigenvalue weighted by Crippen LogP contribution is 2.51. The summed E-state index contributed by atoms with van der Waals surface area (Å²) < 4.78 is 11.9. The molecule has 182 valence electrons. The summed E-state index contributed by atoms with van der Waals surface area (Å²) in [5, 5.41) is 7.06. The zero-order valence-electron chi connectivity index (χ0n) is 19.7. The van der Waals surface area contributed by atoms with Crippen LogP contribution in [0.1, 0.15) is 41.2 Å². The molecule has 3 aliphatic rings. The number of benzene rings is 1. The van der Waals surface area contributed by atoms with E-state index < -0.39 is 0 Å². The third-order valence-electron chi connectivity index (χ3n) is 7.32. The first-order valence-corrected chi connectivity index (χ1v) is 12.4. The molecule has 3 atom stereocenters. The van der Waals surface area contributed by atoms with Crippen molar-refractivity contribution in [2.24, 2.45) is 0 Å². The molecule has 2 fully saturated rings. The van der Waals surface area contributed by atoms with Gasteiger partial charge < -0.3 is 30.0 Å². The standard InChI is InChI=1S/C26H28ClN5O3/c1-32-10-4-5-14(32)13-35-20-12-28-9-8-15(20)23-24(29-18-7-3-6-17(27)25(18)34-2)21-22(31-23)16-11-19(16)30-26(21)33/h3,6-9,12,14,16,19,29,31H,4-5,10-11,13H2,1-2H3,(H,30,33). The van der Waals surface area contributed by atoms with Crippen molar-refractivity contribution in [1.82, 2.24) is 20.2 Å². The molecule has 1 aliphatic carbocycles. The summed E-state index contributed by atoms with van der Waals surface area (Å²) in [6.45, 7) is 1.68. The smallest absolute Gasteiger partial charge is 0.255 e. The number of likely N-dealkylation sites (N-methyl/N-ethyl adjacent to an activating group) is 1. The molecule has 3 unspecified atom stereocenters. The molecule has 6 rings (SSSR count). The van der Waals surface area contributed by atoms with Gasteiger partial charge in [0.05, 0.1) is 41.0 Å². The highest BCUT2D eigenvalue weighted by molar-refractivity contribution is 6.32. The Morgan fingerprint density at radius 2 is 2.20 bits per heavy atom. The van der Waals surface area contributed by atoms with Gasteiger partial charge in [0, 0.05) is 35.5 Å². The van der Waals surface area contributed by atoms with Gasteiger partial charge >= 0.3 is 0 Å². The molecule has 2 aliphatic heterocycles. The number of halogens is 1. The van der Waals surface area contributed by atoms with Gasteiger partial charge in [0.1, 0.15) is 12.4 Å². The fraction of sp³-hybridized carbons (Fsp3) is 0.385. The third-order valence-corrected chi connectivity index (χ3v) is 7.62. The Labute approximate surface area is 209 Å². The number of nitrogens with zero attached hydrogens (tertiary/aromatic N) is 2. The number of nitrogens with one attached hydrogen (secondary N) is 3. The van der Waals surface area contributed by atoms with Crippen LogP contribution in [0.15, 0.2) is 36.7 Å². The van der Waals surface area contributed by atoms with Gasteiger partial charge in [-0.1, -0.05) is 17.7 Å². The van der Waals surface area contributed by atoms with Crippen molar-refractivity contribution in [3.05, 3.63) is 52.9 Å². The maximum absolute atomic E-state index is 13.1. The number of hydrogen-bond acceptors (Lipinski definition) is 6. The monoisotopic (exact) mass is 493 g/mol. The first kappa shape index (κ1) is 22.2. The summed E-state index contributed by atoms with van der Waals surface area (Å²) in [4.78, 5) is 23.4. The van der Waals surface area contributed by atoms with Gasteiger partial charge in [0.15, 0.2) is 5.75 Å². The summed E-state index contributed by atoms with van der Waals surface area (Å²) in [7, 11) is 3.71. The number of carbonyl (C=O) groups is 1. The van der Waals surface area contributed by atoms with Crippen LogP contribution in [-0.2, 0) is 0 Å². The van der Waals surface area contributed by atoms with E-state index in [0.717, 1.165) is 36.3 Å². The van der Waals surface area contributed by atoms with Gasteiger partial charge in [-0.3, -0.25) is 9.78 Å². The van der Waals surface area contributed by atoms with Crippen LogP contribution in [0, 0.1) is 0 Å². The van der Waals surface area contributed by atoms with Crippen molar-refractivity contribution in [1.29, 1.82) is 0 Å². The molecule has 4 heterocycles. The van der Waals surface area contributed by atoms with Gasteiger partial charge in [-0.15, -0.1) is 0 Å². The van der Waals surface area contributed by atoms with Gasteiger partial charge in [-0.05, 0) is 51.1 Å². The number of pyridine rings is 1. The molecule has 8 nitrogen and oxygen atoms in total. The maximum Gasteiger partial charge on any atom is 0.255 e. The molecule has 9 heteroatoms. The minimum absolute atomic E-state index is 0.0890. The Kier molecular flexibility index (Phi) is 5.57. The van der Waals surface area contributed by atoms with E-state index in [-0.39, 0.29) is 17.9 Å². The van der Waals surface area contributed by atoms with Crippen LogP contribution in [0.5, 0.6) is 11.5 Å². The van der Waals surface area contributed by atoms with Crippen LogP contribution in [0.25, 0.3) is 11.3 Å². The molecule has 3 N–H and O–H groups in total. The number of aromatic nitrogens is 2. The minimum atomic E-state index is -0.0890. The predicted molar refractivity (Wildman–Crippen MR) is 135 cm³/mol. The SMILES string of the molecule is COc1c(Cl)cccc1Nc1c(-c2ccncc2OCC2CCCN2C)[nH]c2c1C(=O)NC1CC21. The number of para-hydroxylation sites is 1. The number of likely N-dealkylation sites (tertiary alicyclic amines) is 1. The Hall–Kier alpha value is -3.23. The third kappa shape index (κ3) is 3.90. The van der Waals surface area contributed by atoms with Crippen LogP contribution < -0.4 is 20.1 Å². The van der Waals surface area contributed by atoms with Crippen molar-refractivity contribution in [3.8, 4) is 22.8 Å². The fourth-order valence-corrected chi connectivity index (χ4v) is 5.55. The molecule has 1 saturated carbocycles. The number of anilines is 2. The quantitative estimate of drug-likeness (QED) is 0.447. The second-order valence-electron chi connectivity index (χ2n) is 9.49. The molecule has 35 heavy (non-hydrogen) atoms. The number of carbonyl (C=O) groups excluding carboxylic acids is 1. The van der Waals surface area contributed by atoms with Crippen LogP contribution >= 0.6 is 11.6 Å². The summed E-state index contributed by atoms with van der Waals surface area (Å²) in [5.74, 6) is 1.40. The van der Waals surface area contributed by atoms with Crippen LogP contribution in [0.3, 0.4) is 0 Å². The lowest BCUT2D eigenvalue weighted by atomic mass is 10.0. The summed E-state index contributed by atoms with van der Waals surface area (Å²) in [6.07, 6.45) is 6.72. The highest BCUT2D eigenvalue weighted by Gasteiger charge is 2.48. The van der Waals surface area contributed by atoms with Crippen molar-refractivity contribution >= 4 is 28.9 Å². The van der Waals surface area contributed by atoms with Gasteiger partial charge in [-0.2, -0.15) is 0 Å². The van der Waals surface area contributed by atoms with Crippen LogP contribution in [-0.4, -0.2) is 60.2 Å². The molecule has 3 aromatic rings. The van der Waals surface area contributed by atoms with E-state index in [0.29, 0.717) is 46.1 Å². The highest BCUT2D eigenvalue weighted by atomic mass is 35.5. The molecular formula is C26H28ClN5O3. The number of methoxy groups -OCH3 is 1. The first-order chi connectivity index (χ1) is 17.0. The average molecular weight is 494 g/mol. The van der Waals surface area contributed by atoms with E-state index >= 15 is 0 Å². The molecule has 0 radical (unpaired) electrons. The van der Waals surface area contributed by atoms with E-state index in [1.165, 1.54) is 6.42 Å². The minimum Gasteiger partial charge on any atom is -0.493 e. The van der Waals surface area contributed by atoms with E-state index in [9.17, 15) is 4.79 Å². The topological polar surface area (TPSA) is 91.5 Å². The molecule has 0 bridgehead atoms. The van der Waals surface area contributed by atoms with Gasteiger partial charge in [0.25, 0.3) is 5.91 Å². The van der Waals surface area contributed by atoms with E-state index in [2.05, 4.69) is 32.5 Å². The number of fused-ring (bicyclic) bond motifs is 3. The van der Waals surface area contributed by atoms with E-state index in [1.54, 1.807) is 25.6 Å². The Morgan fingerprint density at radius 3 is 3.00 bits per heavy atom. The first-order valence-electron chi connectivity index (χ1n) is 12.0. The Balaban J connectivity index is 1.43. The van der Waals surface area contributed by atoms with E-state index in [1.807, 2.05) is 18.2 Å². The number of hydrogen-bond donors (Lipinski definition) is 3. The zero-order valence-corrected chi connectivity index (χ0v) is 20.5. The molecular weight excluding hydrogens is 466 g/mol. The zero-order chi connectivity index (χ0) is 24.1. The van der Waals surface area contributed by atoms with Crippen LogP contribution in [0.4, 0.5) is 11.4 Å². The van der Waals surface area contributed by atoms with Crippen molar-refractivity contribution in [3.63, 3.8) is 0 Å². The maximum atomic E-state index is 13.1. The molecule has 1 saturated heterocycles. The molecule has 0 spiro atoms. The van der Waals surface area contributed by atoms with Crippen molar-refractivity contribution in [2.75, 3.05) is 32.6 Å². The lowest BCUT2D eigenvalue weighted by Gasteiger charge is -2.21. The summed E-state index contributed by atoms with van der Waals surface area (Å²) in [6, 6.07) is 8.01. The Morgan fingerprint density at radius 1 is 1.31 bits per heavy atom. The summed E-state index contributed by atoms with van der Waals surface area (Å²) >= 11 is 6.38. The average Bonchev–Trinajstić information content (AvgIpc) is 3.35. The summed E-state index contributed by atoms with van der Waals surface area (Å²) in [5.41, 5.74) is 4.57. The van der Waals surface area contributed by atoms with Gasteiger partial charge in [0.2, 0.25) is 0 Å². The fourth-order valence-electron chi connectivity index (χ4n) is 5.30. The largest absolute Gasteiger partial charge is 0.493 e. The Bertz CT molecular complexity index is 1290. The number of amides is 1. The second-order valence-corrected chi connectivity index (χ2v) is 9.90. The lowest BCUT2D eigenvalue weighted by molar-refractivity contribution is 0.0944. The van der Waals surface area contributed by atoms with Crippen LogP contribution in [0.2, 0.25) is 5.02 Å². The predicted octanol–water partition coefficient (Wildman–Crippen LogP) is 4.55. The number of ether oxygens (including phenoxy) is 2.